The average molecular weight is 393 g/mol. The normalized spacial score (nSPS) is 11.3. The molecule has 0 spiro atoms. The largest absolute Gasteiger partial charge is 0.268 e. The van der Waals surface area contributed by atoms with Crippen LogP contribution in [0.25, 0.3) is 28.7 Å². The highest BCUT2D eigenvalue weighted by Crippen LogP contribution is 2.23. The van der Waals surface area contributed by atoms with Crippen LogP contribution in [0.4, 0.5) is 0 Å². The summed E-state index contributed by atoms with van der Waals surface area (Å²) >= 11 is 12.2. The van der Waals surface area contributed by atoms with Gasteiger partial charge >= 0.3 is 0 Å². The van der Waals surface area contributed by atoms with E-state index in [-0.39, 0.29) is 5.56 Å². The van der Waals surface area contributed by atoms with Crippen molar-refractivity contribution in [3.63, 3.8) is 0 Å². The minimum Gasteiger partial charge on any atom is -0.268 e. The lowest BCUT2D eigenvalue weighted by molar-refractivity contribution is 0.944. The molecule has 3 aromatic carbocycles. The summed E-state index contributed by atoms with van der Waals surface area (Å²) in [6.45, 7) is 0. The molecule has 0 N–H and O–H groups in total. The molecule has 1 aromatic heterocycles. The summed E-state index contributed by atoms with van der Waals surface area (Å²) in [6, 6.07) is 22.0. The Morgan fingerprint density at radius 1 is 0.852 bits per heavy atom. The van der Waals surface area contributed by atoms with E-state index < -0.39 is 0 Å². The van der Waals surface area contributed by atoms with E-state index in [2.05, 4.69) is 4.98 Å². The van der Waals surface area contributed by atoms with Crippen LogP contribution < -0.4 is 5.56 Å². The first kappa shape index (κ1) is 17.5. The number of rotatable bonds is 3. The lowest BCUT2D eigenvalue weighted by Gasteiger charge is -2.11. The number of nitrogens with zero attached hydrogens (tertiary/aromatic N) is 2. The van der Waals surface area contributed by atoms with Crippen LogP contribution in [0, 0.1) is 0 Å². The molecule has 4 rings (SSSR count). The van der Waals surface area contributed by atoms with E-state index in [4.69, 9.17) is 23.2 Å². The first-order chi connectivity index (χ1) is 13.1. The summed E-state index contributed by atoms with van der Waals surface area (Å²) < 4.78 is 1.60. The zero-order valence-corrected chi connectivity index (χ0v) is 15.7. The minimum atomic E-state index is -0.117. The highest BCUT2D eigenvalue weighted by molar-refractivity contribution is 6.35. The van der Waals surface area contributed by atoms with E-state index in [0.717, 1.165) is 11.3 Å². The molecule has 0 saturated heterocycles. The van der Waals surface area contributed by atoms with E-state index in [0.29, 0.717) is 26.8 Å². The van der Waals surface area contributed by atoms with Crippen molar-refractivity contribution in [1.82, 2.24) is 9.55 Å². The van der Waals surface area contributed by atoms with Gasteiger partial charge in [-0.05, 0) is 54.1 Å². The molecule has 0 unspecified atom stereocenters. The fourth-order valence-electron chi connectivity index (χ4n) is 2.89. The van der Waals surface area contributed by atoms with Crippen molar-refractivity contribution in [2.45, 2.75) is 0 Å². The van der Waals surface area contributed by atoms with Crippen LogP contribution in [0.15, 0.2) is 77.6 Å². The van der Waals surface area contributed by atoms with Gasteiger partial charge in [0, 0.05) is 10.0 Å². The number of fused-ring (bicyclic) bond motifs is 1. The molecular formula is C22H14Cl2N2O. The Hall–Kier alpha value is -2.88. The van der Waals surface area contributed by atoms with E-state index >= 15 is 0 Å². The van der Waals surface area contributed by atoms with Crippen LogP contribution >= 0.6 is 23.2 Å². The fourth-order valence-corrected chi connectivity index (χ4v) is 3.36. The van der Waals surface area contributed by atoms with Crippen molar-refractivity contribution >= 4 is 46.3 Å². The molecule has 0 fully saturated rings. The Balaban J connectivity index is 1.93. The third-order valence-corrected chi connectivity index (χ3v) is 4.75. The Kier molecular flexibility index (Phi) is 4.80. The zero-order chi connectivity index (χ0) is 18.8. The lowest BCUT2D eigenvalue weighted by atomic mass is 10.2. The Labute approximate surface area is 166 Å². The lowest BCUT2D eigenvalue weighted by Crippen LogP contribution is -2.22. The summed E-state index contributed by atoms with van der Waals surface area (Å²) in [6.07, 6.45) is 3.62. The van der Waals surface area contributed by atoms with E-state index in [1.807, 2.05) is 60.7 Å². The predicted molar refractivity (Wildman–Crippen MR) is 113 cm³/mol. The molecule has 132 valence electrons. The first-order valence-corrected chi connectivity index (χ1v) is 9.09. The van der Waals surface area contributed by atoms with Crippen LogP contribution in [-0.4, -0.2) is 9.55 Å². The van der Waals surface area contributed by atoms with Crippen molar-refractivity contribution < 1.29 is 0 Å². The molecule has 0 bridgehead atoms. The molecular weight excluding hydrogens is 379 g/mol. The Bertz CT molecular complexity index is 1210. The quantitative estimate of drug-likeness (QED) is 0.437. The fraction of sp³-hybridized carbons (Fsp3) is 0. The van der Waals surface area contributed by atoms with Gasteiger partial charge in [0.15, 0.2) is 0 Å². The van der Waals surface area contributed by atoms with Gasteiger partial charge in [-0.1, -0.05) is 59.6 Å². The number of benzene rings is 3. The number of aromatic nitrogens is 2. The summed E-state index contributed by atoms with van der Waals surface area (Å²) in [4.78, 5) is 17.8. The molecule has 0 aliphatic carbocycles. The van der Waals surface area contributed by atoms with Crippen molar-refractivity contribution in [2.75, 3.05) is 0 Å². The van der Waals surface area contributed by atoms with Gasteiger partial charge in [0.25, 0.3) is 5.56 Å². The SMILES string of the molecule is O=c1c2ccccc2nc(C=Cc2ccc(Cl)cc2Cl)n1-c1ccccc1. The summed E-state index contributed by atoms with van der Waals surface area (Å²) in [5, 5.41) is 1.68. The molecule has 27 heavy (non-hydrogen) atoms. The molecule has 0 radical (unpaired) electrons. The molecule has 0 aliphatic rings. The highest BCUT2D eigenvalue weighted by atomic mass is 35.5. The number of hydrogen-bond donors (Lipinski definition) is 0. The monoisotopic (exact) mass is 392 g/mol. The van der Waals surface area contributed by atoms with Crippen LogP contribution in [-0.2, 0) is 0 Å². The average Bonchev–Trinajstić information content (AvgIpc) is 2.68. The van der Waals surface area contributed by atoms with Gasteiger partial charge in [0.2, 0.25) is 0 Å². The van der Waals surface area contributed by atoms with Crippen molar-refractivity contribution in [3.8, 4) is 5.69 Å². The third kappa shape index (κ3) is 3.52. The minimum absolute atomic E-state index is 0.117. The number of hydrogen-bond acceptors (Lipinski definition) is 2. The van der Waals surface area contributed by atoms with Gasteiger partial charge in [0.05, 0.1) is 16.6 Å². The van der Waals surface area contributed by atoms with Gasteiger partial charge in [-0.15, -0.1) is 0 Å². The summed E-state index contributed by atoms with van der Waals surface area (Å²) in [5.41, 5.74) is 2.08. The number of para-hydroxylation sites is 2. The number of halogens is 2. The maximum atomic E-state index is 13.1. The van der Waals surface area contributed by atoms with E-state index in [1.54, 1.807) is 28.8 Å². The van der Waals surface area contributed by atoms with Crippen LogP contribution in [0.3, 0.4) is 0 Å². The molecule has 5 heteroatoms. The molecule has 1 heterocycles. The highest BCUT2D eigenvalue weighted by Gasteiger charge is 2.10. The maximum Gasteiger partial charge on any atom is 0.266 e. The van der Waals surface area contributed by atoms with Crippen LogP contribution in [0.2, 0.25) is 10.0 Å². The van der Waals surface area contributed by atoms with Gasteiger partial charge in [0.1, 0.15) is 5.82 Å². The molecule has 3 nitrogen and oxygen atoms in total. The van der Waals surface area contributed by atoms with E-state index in [9.17, 15) is 4.79 Å². The van der Waals surface area contributed by atoms with Gasteiger partial charge in [-0.2, -0.15) is 0 Å². The smallest absolute Gasteiger partial charge is 0.266 e. The van der Waals surface area contributed by atoms with Crippen molar-refractivity contribution in [2.24, 2.45) is 0 Å². The zero-order valence-electron chi connectivity index (χ0n) is 14.1. The Morgan fingerprint density at radius 2 is 1.59 bits per heavy atom. The van der Waals surface area contributed by atoms with Crippen LogP contribution in [0.1, 0.15) is 11.4 Å². The molecule has 4 aromatic rings. The molecule has 0 atom stereocenters. The third-order valence-electron chi connectivity index (χ3n) is 4.19. The standard InChI is InChI=1S/C22H14Cl2N2O/c23-16-12-10-15(19(24)14-16)11-13-21-25-20-9-5-4-8-18(20)22(27)26(21)17-6-2-1-3-7-17/h1-14H. The summed E-state index contributed by atoms with van der Waals surface area (Å²) in [5.74, 6) is 0.524. The molecule has 0 saturated carbocycles. The van der Waals surface area contributed by atoms with Crippen molar-refractivity contribution in [1.29, 1.82) is 0 Å². The van der Waals surface area contributed by atoms with Gasteiger partial charge in [-0.3, -0.25) is 9.36 Å². The second-order valence-electron chi connectivity index (χ2n) is 5.96. The Morgan fingerprint density at radius 3 is 2.37 bits per heavy atom. The predicted octanol–water partition coefficient (Wildman–Crippen LogP) is 5.86. The van der Waals surface area contributed by atoms with Gasteiger partial charge < -0.3 is 0 Å². The maximum absolute atomic E-state index is 13.1. The topological polar surface area (TPSA) is 34.9 Å². The second-order valence-corrected chi connectivity index (χ2v) is 6.81. The van der Waals surface area contributed by atoms with Gasteiger partial charge in [-0.25, -0.2) is 4.98 Å². The van der Waals surface area contributed by atoms with Crippen molar-refractivity contribution in [3.05, 3.63) is 105 Å². The van der Waals surface area contributed by atoms with Crippen LogP contribution in [0.5, 0.6) is 0 Å². The molecule has 0 aliphatic heterocycles. The van der Waals surface area contributed by atoms with E-state index in [1.165, 1.54) is 0 Å². The first-order valence-electron chi connectivity index (χ1n) is 8.34. The second kappa shape index (κ2) is 7.39. The summed E-state index contributed by atoms with van der Waals surface area (Å²) in [7, 11) is 0. The molecule has 0 amide bonds.